The molecule has 26 heavy (non-hydrogen) atoms. The van der Waals surface area contributed by atoms with Crippen molar-refractivity contribution in [3.8, 4) is 0 Å². The van der Waals surface area contributed by atoms with Gasteiger partial charge in [-0.3, -0.25) is 4.99 Å². The Hall–Kier alpha value is -1.69. The molecule has 0 saturated carbocycles. The molecular weight excluding hydrogens is 369 g/mol. The van der Waals surface area contributed by atoms with Gasteiger partial charge in [-0.05, 0) is 30.8 Å². The maximum Gasteiger partial charge on any atom is 0.191 e. The van der Waals surface area contributed by atoms with Gasteiger partial charge in [0.15, 0.2) is 5.96 Å². The van der Waals surface area contributed by atoms with Gasteiger partial charge in [0, 0.05) is 32.9 Å². The Morgan fingerprint density at radius 3 is 2.46 bits per heavy atom. The number of rotatable bonds is 7. The Labute approximate surface area is 166 Å². The van der Waals surface area contributed by atoms with Gasteiger partial charge in [-0.2, -0.15) is 0 Å². The number of halogens is 2. The van der Waals surface area contributed by atoms with Gasteiger partial charge in [-0.25, -0.2) is 0 Å². The highest BCUT2D eigenvalue weighted by Gasteiger charge is 2.09. The molecule has 0 aliphatic heterocycles. The Balaban J connectivity index is 1.90. The first-order valence-electron chi connectivity index (χ1n) is 8.65. The van der Waals surface area contributed by atoms with E-state index in [-0.39, 0.29) is 0 Å². The van der Waals surface area contributed by atoms with Gasteiger partial charge < -0.3 is 20.1 Å². The van der Waals surface area contributed by atoms with Crippen LogP contribution in [0.3, 0.4) is 0 Å². The second kappa shape index (κ2) is 9.86. The summed E-state index contributed by atoms with van der Waals surface area (Å²) in [6, 6.07) is 10.5. The number of aromatic nitrogens is 1. The van der Waals surface area contributed by atoms with E-state index in [1.807, 2.05) is 17.7 Å². The van der Waals surface area contributed by atoms with Crippen molar-refractivity contribution in [2.45, 2.75) is 26.6 Å². The second-order valence-electron chi connectivity index (χ2n) is 6.26. The van der Waals surface area contributed by atoms with Crippen molar-refractivity contribution < 1.29 is 0 Å². The zero-order chi connectivity index (χ0) is 19.1. The molecule has 2 aromatic rings. The van der Waals surface area contributed by atoms with Crippen LogP contribution in [0.5, 0.6) is 0 Å². The third-order valence-electron chi connectivity index (χ3n) is 4.32. The largest absolute Gasteiger partial charge is 0.352 e. The lowest BCUT2D eigenvalue weighted by Crippen LogP contribution is -2.36. The Kier molecular flexibility index (Phi) is 7.82. The smallest absolute Gasteiger partial charge is 0.191 e. The number of hydrogen-bond acceptors (Lipinski definition) is 2. The first-order chi connectivity index (χ1) is 12.4. The molecule has 0 aliphatic rings. The van der Waals surface area contributed by atoms with E-state index in [1.165, 1.54) is 11.1 Å². The zero-order valence-electron chi connectivity index (χ0n) is 15.8. The standard InChI is InChI=1S/C19H27Cl2N5/c1-5-25(3)13-15-8-6-7-14(9-15)11-23-19(22-2)24-12-16-10-17(20)18(21)26(16)4/h6-10H,5,11-13H2,1-4H3,(H2,22,23,24). The fraction of sp³-hybridized carbons (Fsp3) is 0.421. The summed E-state index contributed by atoms with van der Waals surface area (Å²) in [6.07, 6.45) is 0. The molecule has 0 radical (unpaired) electrons. The zero-order valence-corrected chi connectivity index (χ0v) is 17.3. The summed E-state index contributed by atoms with van der Waals surface area (Å²) < 4.78 is 1.86. The number of aliphatic imine (C=N–C) groups is 1. The molecule has 0 spiro atoms. The maximum absolute atomic E-state index is 6.10. The molecule has 1 aromatic heterocycles. The monoisotopic (exact) mass is 395 g/mol. The normalized spacial score (nSPS) is 11.9. The van der Waals surface area contributed by atoms with E-state index in [4.69, 9.17) is 23.2 Å². The molecule has 0 amide bonds. The fourth-order valence-corrected chi connectivity index (χ4v) is 3.02. The molecule has 142 valence electrons. The molecule has 0 atom stereocenters. The van der Waals surface area contributed by atoms with Crippen molar-refractivity contribution in [1.29, 1.82) is 0 Å². The van der Waals surface area contributed by atoms with Crippen LogP contribution in [0.25, 0.3) is 0 Å². The predicted molar refractivity (Wildman–Crippen MR) is 111 cm³/mol. The number of hydrogen-bond donors (Lipinski definition) is 2. The van der Waals surface area contributed by atoms with Crippen LogP contribution in [0.1, 0.15) is 23.7 Å². The SMILES string of the molecule is CCN(C)Cc1cccc(CNC(=NC)NCc2cc(Cl)c(Cl)n2C)c1. The van der Waals surface area contributed by atoms with E-state index in [1.54, 1.807) is 7.05 Å². The van der Waals surface area contributed by atoms with E-state index >= 15 is 0 Å². The molecular formula is C19H27Cl2N5. The summed E-state index contributed by atoms with van der Waals surface area (Å²) >= 11 is 12.2. The summed E-state index contributed by atoms with van der Waals surface area (Å²) in [4.78, 5) is 6.55. The molecule has 0 fully saturated rings. The highest BCUT2D eigenvalue weighted by atomic mass is 35.5. The first kappa shape index (κ1) is 20.6. The van der Waals surface area contributed by atoms with Crippen LogP contribution in [-0.2, 0) is 26.7 Å². The van der Waals surface area contributed by atoms with Crippen LogP contribution in [0.15, 0.2) is 35.3 Å². The average Bonchev–Trinajstić information content (AvgIpc) is 2.89. The molecule has 2 N–H and O–H groups in total. The van der Waals surface area contributed by atoms with Crippen molar-refractivity contribution in [2.75, 3.05) is 20.6 Å². The quantitative estimate of drug-likeness (QED) is 0.555. The number of nitrogens with one attached hydrogen (secondary N) is 2. The molecule has 0 bridgehead atoms. The Morgan fingerprint density at radius 2 is 1.85 bits per heavy atom. The minimum absolute atomic E-state index is 0.542. The first-order valence-corrected chi connectivity index (χ1v) is 9.40. The maximum atomic E-state index is 6.10. The third kappa shape index (κ3) is 5.66. The molecule has 1 heterocycles. The van der Waals surface area contributed by atoms with Crippen LogP contribution < -0.4 is 10.6 Å². The predicted octanol–water partition coefficient (Wildman–Crippen LogP) is 3.65. The molecule has 7 heteroatoms. The lowest BCUT2D eigenvalue weighted by atomic mass is 10.1. The molecule has 2 rings (SSSR count). The van der Waals surface area contributed by atoms with Gasteiger partial charge >= 0.3 is 0 Å². The van der Waals surface area contributed by atoms with Crippen LogP contribution in [0.4, 0.5) is 0 Å². The highest BCUT2D eigenvalue weighted by Crippen LogP contribution is 2.24. The van der Waals surface area contributed by atoms with Crippen molar-refractivity contribution in [3.63, 3.8) is 0 Å². The summed E-state index contributed by atoms with van der Waals surface area (Å²) in [5, 5.41) is 7.73. The molecule has 0 saturated heterocycles. The minimum Gasteiger partial charge on any atom is -0.352 e. The van der Waals surface area contributed by atoms with Crippen LogP contribution in [-0.4, -0.2) is 36.1 Å². The summed E-state index contributed by atoms with van der Waals surface area (Å²) in [5.41, 5.74) is 3.53. The highest BCUT2D eigenvalue weighted by molar-refractivity contribution is 6.41. The molecule has 0 aliphatic carbocycles. The lowest BCUT2D eigenvalue weighted by molar-refractivity contribution is 0.345. The summed E-state index contributed by atoms with van der Waals surface area (Å²) in [7, 11) is 5.77. The molecule has 5 nitrogen and oxygen atoms in total. The second-order valence-corrected chi connectivity index (χ2v) is 7.03. The topological polar surface area (TPSA) is 44.6 Å². The van der Waals surface area contributed by atoms with Crippen LogP contribution >= 0.6 is 23.2 Å². The van der Waals surface area contributed by atoms with Gasteiger partial charge in [0.2, 0.25) is 0 Å². The lowest BCUT2D eigenvalue weighted by Gasteiger charge is -2.15. The average molecular weight is 396 g/mol. The fourth-order valence-electron chi connectivity index (χ4n) is 2.60. The van der Waals surface area contributed by atoms with E-state index in [9.17, 15) is 0 Å². The van der Waals surface area contributed by atoms with Crippen LogP contribution in [0, 0.1) is 0 Å². The number of benzene rings is 1. The van der Waals surface area contributed by atoms with Crippen molar-refractivity contribution in [2.24, 2.45) is 12.0 Å². The van der Waals surface area contributed by atoms with E-state index in [0.29, 0.717) is 23.3 Å². The van der Waals surface area contributed by atoms with Gasteiger partial charge in [-0.1, -0.05) is 54.4 Å². The number of nitrogens with zero attached hydrogens (tertiary/aromatic N) is 3. The summed E-state index contributed by atoms with van der Waals surface area (Å²) in [5.74, 6) is 0.731. The van der Waals surface area contributed by atoms with Crippen molar-refractivity contribution in [1.82, 2.24) is 20.1 Å². The third-order valence-corrected chi connectivity index (χ3v) is 5.16. The summed E-state index contributed by atoms with van der Waals surface area (Å²) in [6.45, 7) is 5.44. The van der Waals surface area contributed by atoms with Gasteiger partial charge in [-0.15, -0.1) is 0 Å². The van der Waals surface area contributed by atoms with E-state index in [0.717, 1.165) is 24.7 Å². The van der Waals surface area contributed by atoms with Crippen molar-refractivity contribution >= 4 is 29.2 Å². The van der Waals surface area contributed by atoms with E-state index < -0.39 is 0 Å². The Morgan fingerprint density at radius 1 is 1.15 bits per heavy atom. The van der Waals surface area contributed by atoms with E-state index in [2.05, 4.69) is 58.8 Å². The number of guanidine groups is 1. The minimum atomic E-state index is 0.542. The van der Waals surface area contributed by atoms with Crippen LogP contribution in [0.2, 0.25) is 10.2 Å². The molecule has 1 aromatic carbocycles. The van der Waals surface area contributed by atoms with Gasteiger partial charge in [0.05, 0.1) is 11.6 Å². The Bertz CT molecular complexity index is 754. The van der Waals surface area contributed by atoms with Gasteiger partial charge in [0.1, 0.15) is 5.15 Å². The molecule has 0 unspecified atom stereocenters. The van der Waals surface area contributed by atoms with Crippen molar-refractivity contribution in [3.05, 3.63) is 57.3 Å². The van der Waals surface area contributed by atoms with Gasteiger partial charge in [0.25, 0.3) is 0 Å².